The molecule has 0 saturated carbocycles. The summed E-state index contributed by atoms with van der Waals surface area (Å²) in [6.45, 7) is 5.80. The Kier molecular flexibility index (Phi) is 5.00. The summed E-state index contributed by atoms with van der Waals surface area (Å²) in [6, 6.07) is 5.02. The molecule has 112 valence electrons. The molecule has 1 aliphatic rings. The summed E-state index contributed by atoms with van der Waals surface area (Å²) in [5.41, 5.74) is 0.733. The molecule has 0 spiro atoms. The Hall–Kier alpha value is -1.13. The predicted molar refractivity (Wildman–Crippen MR) is 77.6 cm³/mol. The van der Waals surface area contributed by atoms with Crippen LogP contribution in [-0.4, -0.2) is 25.9 Å². The minimum Gasteiger partial charge on any atom is -0.487 e. The molecule has 1 aromatic rings. The first kappa shape index (κ1) is 15.3. The van der Waals surface area contributed by atoms with Crippen molar-refractivity contribution in [3.05, 3.63) is 29.6 Å². The zero-order valence-corrected chi connectivity index (χ0v) is 12.5. The maximum Gasteiger partial charge on any atom is 0.127 e. The van der Waals surface area contributed by atoms with Crippen molar-refractivity contribution < 1.29 is 13.9 Å². The minimum absolute atomic E-state index is 0.209. The molecule has 3 nitrogen and oxygen atoms in total. The molecule has 0 bridgehead atoms. The third kappa shape index (κ3) is 3.49. The fourth-order valence-electron chi connectivity index (χ4n) is 2.71. The van der Waals surface area contributed by atoms with E-state index in [9.17, 15) is 4.39 Å². The SMILES string of the molecule is CCCNC1CC(C)(CCOC)Oc2cc(F)ccc21. The fourth-order valence-corrected chi connectivity index (χ4v) is 2.71. The number of nitrogens with one attached hydrogen (secondary N) is 1. The van der Waals surface area contributed by atoms with Crippen LogP contribution in [0.5, 0.6) is 5.75 Å². The average Bonchev–Trinajstić information content (AvgIpc) is 2.42. The van der Waals surface area contributed by atoms with Gasteiger partial charge in [0, 0.05) is 44.2 Å². The van der Waals surface area contributed by atoms with E-state index < -0.39 is 0 Å². The monoisotopic (exact) mass is 281 g/mol. The Morgan fingerprint density at radius 2 is 2.30 bits per heavy atom. The lowest BCUT2D eigenvalue weighted by Crippen LogP contribution is -2.42. The van der Waals surface area contributed by atoms with Crippen molar-refractivity contribution in [2.75, 3.05) is 20.3 Å². The molecule has 0 amide bonds. The highest BCUT2D eigenvalue weighted by atomic mass is 19.1. The molecule has 4 heteroatoms. The first-order chi connectivity index (χ1) is 9.58. The summed E-state index contributed by atoms with van der Waals surface area (Å²) >= 11 is 0. The molecule has 2 atom stereocenters. The van der Waals surface area contributed by atoms with Crippen molar-refractivity contribution in [3.63, 3.8) is 0 Å². The Balaban J connectivity index is 2.24. The van der Waals surface area contributed by atoms with E-state index in [-0.39, 0.29) is 17.5 Å². The molecule has 1 N–H and O–H groups in total. The van der Waals surface area contributed by atoms with Crippen LogP contribution in [0, 0.1) is 5.82 Å². The van der Waals surface area contributed by atoms with Crippen LogP contribution >= 0.6 is 0 Å². The molecule has 0 saturated heterocycles. The molecule has 2 unspecified atom stereocenters. The summed E-state index contributed by atoms with van der Waals surface area (Å²) in [5, 5.41) is 3.54. The molecule has 1 aromatic carbocycles. The number of ether oxygens (including phenoxy) is 2. The number of rotatable bonds is 6. The van der Waals surface area contributed by atoms with Crippen molar-refractivity contribution >= 4 is 0 Å². The van der Waals surface area contributed by atoms with Gasteiger partial charge in [-0.2, -0.15) is 0 Å². The van der Waals surface area contributed by atoms with Crippen molar-refractivity contribution in [2.24, 2.45) is 0 Å². The van der Waals surface area contributed by atoms with Gasteiger partial charge in [-0.05, 0) is 26.0 Å². The Morgan fingerprint density at radius 1 is 1.50 bits per heavy atom. The van der Waals surface area contributed by atoms with Gasteiger partial charge in [-0.15, -0.1) is 0 Å². The lowest BCUT2D eigenvalue weighted by Gasteiger charge is -2.40. The summed E-state index contributed by atoms with van der Waals surface area (Å²) in [7, 11) is 1.69. The molecule has 2 rings (SSSR count). The van der Waals surface area contributed by atoms with Gasteiger partial charge >= 0.3 is 0 Å². The number of benzene rings is 1. The van der Waals surface area contributed by atoms with Crippen LogP contribution in [0.25, 0.3) is 0 Å². The molecule has 20 heavy (non-hydrogen) atoms. The Bertz CT molecular complexity index is 452. The predicted octanol–water partition coefficient (Wildman–Crippen LogP) is 3.44. The summed E-state index contributed by atoms with van der Waals surface area (Å²) in [5.74, 6) is 0.400. The zero-order chi connectivity index (χ0) is 14.6. The van der Waals surface area contributed by atoms with Gasteiger partial charge in [0.1, 0.15) is 17.2 Å². The number of methoxy groups -OCH3 is 1. The molecule has 1 heterocycles. The van der Waals surface area contributed by atoms with E-state index in [1.807, 2.05) is 6.07 Å². The molecule has 0 aromatic heterocycles. The lowest BCUT2D eigenvalue weighted by atomic mass is 9.86. The number of hydrogen-bond acceptors (Lipinski definition) is 3. The van der Waals surface area contributed by atoms with Gasteiger partial charge in [-0.3, -0.25) is 0 Å². The minimum atomic E-state index is -0.317. The van der Waals surface area contributed by atoms with Crippen molar-refractivity contribution in [1.29, 1.82) is 0 Å². The van der Waals surface area contributed by atoms with E-state index in [1.54, 1.807) is 7.11 Å². The average molecular weight is 281 g/mol. The first-order valence-corrected chi connectivity index (χ1v) is 7.29. The maximum atomic E-state index is 13.5. The zero-order valence-electron chi connectivity index (χ0n) is 12.5. The summed E-state index contributed by atoms with van der Waals surface area (Å²) in [6.07, 6.45) is 2.74. The number of hydrogen-bond donors (Lipinski definition) is 1. The van der Waals surface area contributed by atoms with Crippen molar-refractivity contribution in [3.8, 4) is 5.75 Å². The van der Waals surface area contributed by atoms with Gasteiger partial charge in [0.15, 0.2) is 0 Å². The van der Waals surface area contributed by atoms with Crippen molar-refractivity contribution in [2.45, 2.75) is 44.8 Å². The second-order valence-corrected chi connectivity index (χ2v) is 5.69. The van der Waals surface area contributed by atoms with Crippen molar-refractivity contribution in [1.82, 2.24) is 5.32 Å². The normalized spacial score (nSPS) is 25.1. The summed E-state index contributed by atoms with van der Waals surface area (Å²) < 4.78 is 24.7. The van der Waals surface area contributed by atoms with Gasteiger partial charge in [-0.1, -0.05) is 13.0 Å². The van der Waals surface area contributed by atoms with Crippen LogP contribution in [-0.2, 0) is 4.74 Å². The van der Waals surface area contributed by atoms with Crippen LogP contribution in [0.4, 0.5) is 4.39 Å². The first-order valence-electron chi connectivity index (χ1n) is 7.29. The van der Waals surface area contributed by atoms with Gasteiger partial charge < -0.3 is 14.8 Å². The number of halogens is 1. The Morgan fingerprint density at radius 3 is 3.00 bits per heavy atom. The van der Waals surface area contributed by atoms with Crippen LogP contribution < -0.4 is 10.1 Å². The highest BCUT2D eigenvalue weighted by Crippen LogP contribution is 2.41. The van der Waals surface area contributed by atoms with Crippen LogP contribution in [0.3, 0.4) is 0 Å². The molecular formula is C16H24FNO2. The molecule has 0 fully saturated rings. The van der Waals surface area contributed by atoms with E-state index in [0.29, 0.717) is 12.4 Å². The molecule has 0 aliphatic carbocycles. The quantitative estimate of drug-likeness (QED) is 0.866. The molecular weight excluding hydrogens is 257 g/mol. The molecule has 1 aliphatic heterocycles. The second kappa shape index (κ2) is 6.55. The molecule has 0 radical (unpaired) electrons. The van der Waals surface area contributed by atoms with E-state index in [2.05, 4.69) is 19.2 Å². The Labute approximate surface area is 120 Å². The standard InChI is InChI=1S/C16H24FNO2/c1-4-8-18-14-11-16(2,7-9-19-3)20-15-10-12(17)5-6-13(14)15/h5-6,10,14,18H,4,7-9,11H2,1-3H3. The van der Waals surface area contributed by atoms with E-state index in [1.165, 1.54) is 12.1 Å². The van der Waals surface area contributed by atoms with Crippen LogP contribution in [0.2, 0.25) is 0 Å². The largest absolute Gasteiger partial charge is 0.487 e. The van der Waals surface area contributed by atoms with E-state index >= 15 is 0 Å². The maximum absolute atomic E-state index is 13.5. The van der Waals surface area contributed by atoms with Gasteiger partial charge in [-0.25, -0.2) is 4.39 Å². The van der Waals surface area contributed by atoms with Crippen LogP contribution in [0.15, 0.2) is 18.2 Å². The van der Waals surface area contributed by atoms with E-state index in [4.69, 9.17) is 9.47 Å². The van der Waals surface area contributed by atoms with Gasteiger partial charge in [0.05, 0.1) is 0 Å². The summed E-state index contributed by atoms with van der Waals surface area (Å²) in [4.78, 5) is 0. The lowest BCUT2D eigenvalue weighted by molar-refractivity contribution is 0.0168. The van der Waals surface area contributed by atoms with E-state index in [0.717, 1.165) is 31.4 Å². The second-order valence-electron chi connectivity index (χ2n) is 5.69. The van der Waals surface area contributed by atoms with Gasteiger partial charge in [0.2, 0.25) is 0 Å². The fraction of sp³-hybridized carbons (Fsp3) is 0.625. The topological polar surface area (TPSA) is 30.5 Å². The highest BCUT2D eigenvalue weighted by Gasteiger charge is 2.36. The third-order valence-corrected chi connectivity index (χ3v) is 3.82. The van der Waals surface area contributed by atoms with Crippen LogP contribution in [0.1, 0.15) is 44.7 Å². The smallest absolute Gasteiger partial charge is 0.127 e. The van der Waals surface area contributed by atoms with Gasteiger partial charge in [0.25, 0.3) is 0 Å². The third-order valence-electron chi connectivity index (χ3n) is 3.82. The number of fused-ring (bicyclic) bond motifs is 1. The highest BCUT2D eigenvalue weighted by molar-refractivity contribution is 5.39.